The first-order valence-electron chi connectivity index (χ1n) is 9.42. The molecule has 0 aromatic carbocycles. The van der Waals surface area contributed by atoms with Crippen LogP contribution in [-0.4, -0.2) is 59.8 Å². The lowest BCUT2D eigenvalue weighted by Gasteiger charge is -2.34. The van der Waals surface area contributed by atoms with Crippen molar-refractivity contribution < 1.29 is 13.2 Å². The van der Waals surface area contributed by atoms with Crippen molar-refractivity contribution in [1.82, 2.24) is 19.4 Å². The summed E-state index contributed by atoms with van der Waals surface area (Å²) in [5.74, 6) is 0.727. The number of nitrogens with zero attached hydrogens (tertiary/aromatic N) is 4. The minimum absolute atomic E-state index is 0.142. The molecular formula is C20H21N5O3S. The molecule has 4 aromatic heterocycles. The van der Waals surface area contributed by atoms with Crippen LogP contribution in [0.2, 0.25) is 0 Å². The summed E-state index contributed by atoms with van der Waals surface area (Å²) in [5, 5.41) is 1.19. The van der Waals surface area contributed by atoms with E-state index < -0.39 is 9.84 Å². The number of morpholine rings is 1. The average molecular weight is 411 g/mol. The van der Waals surface area contributed by atoms with Gasteiger partial charge in [0.1, 0.15) is 16.5 Å². The van der Waals surface area contributed by atoms with E-state index in [1.807, 2.05) is 30.6 Å². The van der Waals surface area contributed by atoms with Crippen molar-refractivity contribution in [2.75, 3.05) is 30.9 Å². The Bertz CT molecular complexity index is 1320. The molecule has 0 aliphatic carbocycles. The first-order valence-corrected chi connectivity index (χ1v) is 11.3. The Morgan fingerprint density at radius 3 is 2.90 bits per heavy atom. The van der Waals surface area contributed by atoms with Crippen LogP contribution in [0.5, 0.6) is 0 Å². The fraction of sp³-hybridized carbons (Fsp3) is 0.300. The number of H-pyrrole nitrogens is 1. The third-order valence-electron chi connectivity index (χ3n) is 5.35. The molecule has 1 fully saturated rings. The van der Waals surface area contributed by atoms with E-state index in [4.69, 9.17) is 9.72 Å². The van der Waals surface area contributed by atoms with Gasteiger partial charge in [0.25, 0.3) is 0 Å². The van der Waals surface area contributed by atoms with Gasteiger partial charge in [0.05, 0.1) is 36.7 Å². The number of ether oxygens (including phenoxy) is 1. The molecule has 1 aliphatic rings. The fourth-order valence-electron chi connectivity index (χ4n) is 3.95. The van der Waals surface area contributed by atoms with Gasteiger partial charge in [-0.2, -0.15) is 0 Å². The zero-order valence-corrected chi connectivity index (χ0v) is 17.0. The lowest BCUT2D eigenvalue weighted by molar-refractivity contribution is 0.0985. The maximum atomic E-state index is 12.4. The lowest BCUT2D eigenvalue weighted by atomic mass is 10.1. The highest BCUT2D eigenvalue weighted by atomic mass is 32.2. The molecule has 0 amide bonds. The van der Waals surface area contributed by atoms with E-state index in [1.165, 1.54) is 6.26 Å². The average Bonchev–Trinajstić information content (AvgIpc) is 3.34. The van der Waals surface area contributed by atoms with Gasteiger partial charge in [0.2, 0.25) is 0 Å². The molecule has 150 valence electrons. The van der Waals surface area contributed by atoms with Gasteiger partial charge in [0, 0.05) is 36.1 Å². The highest BCUT2D eigenvalue weighted by molar-refractivity contribution is 7.90. The number of nitrogens with one attached hydrogen (secondary N) is 1. The maximum Gasteiger partial charge on any atom is 0.191 e. The number of anilines is 1. The van der Waals surface area contributed by atoms with E-state index >= 15 is 0 Å². The second-order valence-electron chi connectivity index (χ2n) is 7.36. The van der Waals surface area contributed by atoms with Gasteiger partial charge in [-0.3, -0.25) is 0 Å². The second-order valence-corrected chi connectivity index (χ2v) is 9.33. The van der Waals surface area contributed by atoms with Crippen LogP contribution in [0, 0.1) is 0 Å². The van der Waals surface area contributed by atoms with Crippen LogP contribution in [-0.2, 0) is 14.6 Å². The van der Waals surface area contributed by atoms with Crippen molar-refractivity contribution >= 4 is 32.2 Å². The summed E-state index contributed by atoms with van der Waals surface area (Å²) in [4.78, 5) is 14.6. The van der Waals surface area contributed by atoms with Crippen LogP contribution >= 0.6 is 0 Å². The third kappa shape index (κ3) is 2.97. The van der Waals surface area contributed by atoms with Gasteiger partial charge in [-0.1, -0.05) is 0 Å². The minimum atomic E-state index is -3.40. The lowest BCUT2D eigenvalue weighted by Crippen LogP contribution is -2.44. The number of rotatable bonds is 3. The van der Waals surface area contributed by atoms with E-state index in [9.17, 15) is 8.42 Å². The third-order valence-corrected chi connectivity index (χ3v) is 6.44. The number of hydrogen-bond donors (Lipinski definition) is 1. The van der Waals surface area contributed by atoms with Gasteiger partial charge in [-0.25, -0.2) is 18.4 Å². The summed E-state index contributed by atoms with van der Waals surface area (Å²) in [6.07, 6.45) is 6.61. The van der Waals surface area contributed by atoms with Crippen molar-refractivity contribution in [2.24, 2.45) is 0 Å². The van der Waals surface area contributed by atoms with Gasteiger partial charge < -0.3 is 19.0 Å². The first-order chi connectivity index (χ1) is 13.9. The molecule has 4 aromatic rings. The van der Waals surface area contributed by atoms with Gasteiger partial charge in [-0.15, -0.1) is 0 Å². The minimum Gasteiger partial charge on any atom is -0.377 e. The van der Waals surface area contributed by atoms with Crippen molar-refractivity contribution in [3.05, 3.63) is 42.9 Å². The molecule has 0 bridgehead atoms. The predicted octanol–water partition coefficient (Wildman–Crippen LogP) is 2.51. The van der Waals surface area contributed by atoms with Crippen LogP contribution in [0.1, 0.15) is 6.92 Å². The Kier molecular flexibility index (Phi) is 4.11. The Morgan fingerprint density at radius 2 is 2.10 bits per heavy atom. The zero-order chi connectivity index (χ0) is 20.2. The number of sulfone groups is 1. The Labute approximate surface area is 168 Å². The topological polar surface area (TPSA) is 92.6 Å². The molecule has 5 rings (SSSR count). The summed E-state index contributed by atoms with van der Waals surface area (Å²) in [5.41, 5.74) is 3.14. The number of aromatic amines is 1. The van der Waals surface area contributed by atoms with Crippen LogP contribution in [0.3, 0.4) is 0 Å². The monoisotopic (exact) mass is 411 g/mol. The quantitative estimate of drug-likeness (QED) is 0.557. The van der Waals surface area contributed by atoms with Crippen molar-refractivity contribution in [3.63, 3.8) is 0 Å². The van der Waals surface area contributed by atoms with Crippen molar-refractivity contribution in [3.8, 4) is 11.3 Å². The zero-order valence-electron chi connectivity index (χ0n) is 16.2. The molecule has 5 heterocycles. The molecule has 0 saturated carbocycles. The van der Waals surface area contributed by atoms with Crippen LogP contribution < -0.4 is 4.90 Å². The summed E-state index contributed by atoms with van der Waals surface area (Å²) in [6.45, 7) is 4.00. The molecule has 8 nitrogen and oxygen atoms in total. The number of aromatic nitrogens is 4. The molecular weight excluding hydrogens is 390 g/mol. The van der Waals surface area contributed by atoms with Crippen molar-refractivity contribution in [2.45, 2.75) is 18.0 Å². The molecule has 0 spiro atoms. The summed E-state index contributed by atoms with van der Waals surface area (Å²) < 4.78 is 32.1. The molecule has 29 heavy (non-hydrogen) atoms. The largest absolute Gasteiger partial charge is 0.377 e. The molecule has 1 atom stereocenters. The van der Waals surface area contributed by atoms with Gasteiger partial charge >= 0.3 is 0 Å². The van der Waals surface area contributed by atoms with E-state index in [0.29, 0.717) is 19.8 Å². The second kappa shape index (κ2) is 6.57. The molecule has 1 N–H and O–H groups in total. The normalized spacial score (nSPS) is 18.0. The smallest absolute Gasteiger partial charge is 0.191 e. The molecule has 1 aliphatic heterocycles. The fourth-order valence-corrected chi connectivity index (χ4v) is 4.77. The van der Waals surface area contributed by atoms with Crippen LogP contribution in [0.25, 0.3) is 27.8 Å². The van der Waals surface area contributed by atoms with Gasteiger partial charge in [-0.05, 0) is 31.2 Å². The summed E-state index contributed by atoms with van der Waals surface area (Å²) in [7, 11) is -3.40. The Balaban J connectivity index is 1.83. The molecule has 9 heteroatoms. The number of fused-ring (bicyclic) bond motifs is 2. The predicted molar refractivity (Wildman–Crippen MR) is 111 cm³/mol. The summed E-state index contributed by atoms with van der Waals surface area (Å²) in [6, 6.07) is 7.46. The highest BCUT2D eigenvalue weighted by Crippen LogP contribution is 2.33. The first kappa shape index (κ1) is 18.1. The Hall–Kier alpha value is -2.91. The number of pyridine rings is 1. The van der Waals surface area contributed by atoms with E-state index in [-0.39, 0.29) is 11.1 Å². The van der Waals surface area contributed by atoms with E-state index in [1.54, 1.807) is 16.7 Å². The molecule has 0 unspecified atom stereocenters. The maximum absolute atomic E-state index is 12.4. The highest BCUT2D eigenvalue weighted by Gasteiger charge is 2.24. The van der Waals surface area contributed by atoms with Crippen LogP contribution in [0.4, 0.5) is 5.82 Å². The summed E-state index contributed by atoms with van der Waals surface area (Å²) >= 11 is 0. The van der Waals surface area contributed by atoms with Gasteiger partial charge in [0.15, 0.2) is 9.84 Å². The standard InChI is InChI=1S/C20H21N5O3S/c1-13-12-28-10-9-24(13)17-11-25-16(3-4-18(25)29(2,26)27)19(23-17)14-5-7-21-20-15(14)6-8-22-20/h3-8,11,13H,9-10,12H2,1-2H3,(H,21,22)/t13-/m1/s1. The molecule has 0 radical (unpaired) electrons. The van der Waals surface area contributed by atoms with Crippen LogP contribution in [0.15, 0.2) is 47.9 Å². The van der Waals surface area contributed by atoms with E-state index in [0.717, 1.165) is 33.6 Å². The SMILES string of the molecule is C[C@@H]1COCCN1c1cn2c(S(C)(=O)=O)ccc2c(-c2ccnc3[nH]ccc23)n1. The Morgan fingerprint density at radius 1 is 1.24 bits per heavy atom. The molecule has 1 saturated heterocycles. The van der Waals surface area contributed by atoms with Crippen molar-refractivity contribution in [1.29, 1.82) is 0 Å². The van der Waals surface area contributed by atoms with E-state index in [2.05, 4.69) is 21.8 Å². The number of hydrogen-bond acceptors (Lipinski definition) is 6.